The van der Waals surface area contributed by atoms with Crippen LogP contribution in [0.2, 0.25) is 0 Å². The Bertz CT molecular complexity index is 415. The molecule has 0 saturated carbocycles. The van der Waals surface area contributed by atoms with E-state index in [9.17, 15) is 9.59 Å². The molecular formula is C11H16N2O3S. The number of aryl methyl sites for hydroxylation is 1. The highest BCUT2D eigenvalue weighted by atomic mass is 32.1. The van der Waals surface area contributed by atoms with Gasteiger partial charge in [-0.1, -0.05) is 13.8 Å². The van der Waals surface area contributed by atoms with E-state index in [1.807, 2.05) is 13.8 Å². The summed E-state index contributed by atoms with van der Waals surface area (Å²) in [5.41, 5.74) is 0.280. The van der Waals surface area contributed by atoms with Crippen molar-refractivity contribution in [2.75, 3.05) is 0 Å². The van der Waals surface area contributed by atoms with Crippen molar-refractivity contribution in [1.29, 1.82) is 0 Å². The highest BCUT2D eigenvalue weighted by molar-refractivity contribution is 7.09. The number of carboxylic acid groups (broad SMARTS) is 1. The van der Waals surface area contributed by atoms with Crippen LogP contribution in [0.1, 0.15) is 35.8 Å². The monoisotopic (exact) mass is 256 g/mol. The largest absolute Gasteiger partial charge is 0.480 e. The molecule has 17 heavy (non-hydrogen) atoms. The first kappa shape index (κ1) is 13.6. The van der Waals surface area contributed by atoms with Crippen molar-refractivity contribution in [3.05, 3.63) is 16.1 Å². The van der Waals surface area contributed by atoms with E-state index in [4.69, 9.17) is 5.11 Å². The number of rotatable bonds is 5. The smallest absolute Gasteiger partial charge is 0.326 e. The molecule has 0 aromatic carbocycles. The minimum absolute atomic E-state index is 0.202. The van der Waals surface area contributed by atoms with Crippen molar-refractivity contribution in [1.82, 2.24) is 10.3 Å². The van der Waals surface area contributed by atoms with E-state index in [2.05, 4.69) is 10.3 Å². The summed E-state index contributed by atoms with van der Waals surface area (Å²) in [6.45, 7) is 5.62. The van der Waals surface area contributed by atoms with Crippen molar-refractivity contribution < 1.29 is 14.7 Å². The minimum atomic E-state index is -1.01. The normalized spacial score (nSPS) is 12.5. The Morgan fingerprint density at radius 2 is 2.18 bits per heavy atom. The number of aromatic nitrogens is 1. The Labute approximate surface area is 104 Å². The number of thiazole rings is 1. The number of nitrogens with zero attached hydrogens (tertiary/aromatic N) is 1. The lowest BCUT2D eigenvalue weighted by molar-refractivity contribution is -0.139. The molecule has 1 atom stereocenters. The molecule has 0 aliphatic heterocycles. The van der Waals surface area contributed by atoms with Gasteiger partial charge in [-0.25, -0.2) is 9.78 Å². The van der Waals surface area contributed by atoms with Gasteiger partial charge in [-0.05, 0) is 19.3 Å². The highest BCUT2D eigenvalue weighted by Crippen LogP contribution is 2.10. The zero-order valence-electron chi connectivity index (χ0n) is 10.1. The Hall–Kier alpha value is -1.43. The zero-order chi connectivity index (χ0) is 13.0. The first-order chi connectivity index (χ1) is 7.90. The van der Waals surface area contributed by atoms with Gasteiger partial charge in [0, 0.05) is 5.38 Å². The second-order valence-electron chi connectivity index (χ2n) is 4.25. The molecule has 1 amide bonds. The first-order valence-corrected chi connectivity index (χ1v) is 6.24. The molecule has 1 rings (SSSR count). The van der Waals surface area contributed by atoms with E-state index in [0.29, 0.717) is 6.42 Å². The fourth-order valence-corrected chi connectivity index (χ4v) is 1.99. The Morgan fingerprint density at radius 1 is 1.53 bits per heavy atom. The van der Waals surface area contributed by atoms with Crippen LogP contribution < -0.4 is 5.32 Å². The minimum Gasteiger partial charge on any atom is -0.480 e. The van der Waals surface area contributed by atoms with E-state index in [1.54, 1.807) is 12.3 Å². The molecule has 2 N–H and O–H groups in total. The number of hydrogen-bond acceptors (Lipinski definition) is 4. The maximum atomic E-state index is 11.7. The van der Waals surface area contributed by atoms with Gasteiger partial charge < -0.3 is 10.4 Å². The fourth-order valence-electron chi connectivity index (χ4n) is 1.39. The number of carbonyl (C=O) groups excluding carboxylic acids is 1. The van der Waals surface area contributed by atoms with Crippen LogP contribution in [0.4, 0.5) is 0 Å². The molecular weight excluding hydrogens is 240 g/mol. The maximum absolute atomic E-state index is 11.7. The van der Waals surface area contributed by atoms with Crippen LogP contribution in [0.25, 0.3) is 0 Å². The van der Waals surface area contributed by atoms with Gasteiger partial charge in [0.1, 0.15) is 11.7 Å². The van der Waals surface area contributed by atoms with Crippen molar-refractivity contribution in [3.63, 3.8) is 0 Å². The number of amides is 1. The van der Waals surface area contributed by atoms with Crippen molar-refractivity contribution >= 4 is 23.2 Å². The van der Waals surface area contributed by atoms with E-state index < -0.39 is 17.9 Å². The molecule has 0 aliphatic rings. The van der Waals surface area contributed by atoms with Gasteiger partial charge in [0.15, 0.2) is 0 Å². The van der Waals surface area contributed by atoms with Gasteiger partial charge in [0.25, 0.3) is 5.91 Å². The van der Waals surface area contributed by atoms with Crippen LogP contribution in [0, 0.1) is 12.8 Å². The van der Waals surface area contributed by atoms with Gasteiger partial charge in [0.2, 0.25) is 0 Å². The maximum Gasteiger partial charge on any atom is 0.326 e. The molecule has 94 valence electrons. The molecule has 1 aromatic heterocycles. The van der Waals surface area contributed by atoms with Gasteiger partial charge in [0.05, 0.1) is 5.01 Å². The summed E-state index contributed by atoms with van der Waals surface area (Å²) >= 11 is 1.36. The van der Waals surface area contributed by atoms with Crippen LogP contribution in [0.3, 0.4) is 0 Å². The Morgan fingerprint density at radius 3 is 2.59 bits per heavy atom. The Balaban J connectivity index is 2.67. The van der Waals surface area contributed by atoms with Crippen molar-refractivity contribution in [2.24, 2.45) is 5.92 Å². The van der Waals surface area contributed by atoms with Gasteiger partial charge in [-0.2, -0.15) is 0 Å². The summed E-state index contributed by atoms with van der Waals surface area (Å²) in [6, 6.07) is -0.857. The summed E-state index contributed by atoms with van der Waals surface area (Å²) in [5, 5.41) is 13.9. The van der Waals surface area contributed by atoms with Gasteiger partial charge >= 0.3 is 5.97 Å². The van der Waals surface area contributed by atoms with Crippen LogP contribution in [-0.2, 0) is 4.79 Å². The van der Waals surface area contributed by atoms with Crippen molar-refractivity contribution in [3.8, 4) is 0 Å². The lowest BCUT2D eigenvalue weighted by atomic mass is 10.0. The molecule has 0 radical (unpaired) electrons. The second-order valence-corrected chi connectivity index (χ2v) is 5.31. The molecule has 1 heterocycles. The summed E-state index contributed by atoms with van der Waals surface area (Å²) in [7, 11) is 0. The van der Waals surface area contributed by atoms with Crippen LogP contribution >= 0.6 is 11.3 Å². The van der Waals surface area contributed by atoms with E-state index in [0.717, 1.165) is 5.01 Å². The third-order valence-electron chi connectivity index (χ3n) is 2.16. The number of aliphatic carboxylic acids is 1. The number of carboxylic acids is 1. The molecule has 0 saturated heterocycles. The third kappa shape index (κ3) is 4.14. The molecule has 0 spiro atoms. The number of hydrogen-bond donors (Lipinski definition) is 2. The lowest BCUT2D eigenvalue weighted by Gasteiger charge is -2.15. The SMILES string of the molecule is Cc1nc(C(=O)N[C@H](CC(C)C)C(=O)O)cs1. The predicted molar refractivity (Wildman–Crippen MR) is 65.2 cm³/mol. The second kappa shape index (κ2) is 5.77. The van der Waals surface area contributed by atoms with E-state index in [1.165, 1.54) is 11.3 Å². The quantitative estimate of drug-likeness (QED) is 0.840. The molecule has 0 fully saturated rings. The standard InChI is InChI=1S/C11H16N2O3S/c1-6(2)4-8(11(15)16)13-10(14)9-5-17-7(3)12-9/h5-6,8H,4H2,1-3H3,(H,13,14)(H,15,16)/t8-/m1/s1. The van der Waals surface area contributed by atoms with Crippen LogP contribution in [0.15, 0.2) is 5.38 Å². The lowest BCUT2D eigenvalue weighted by Crippen LogP contribution is -2.41. The molecule has 0 bridgehead atoms. The molecule has 1 aromatic rings. The number of carbonyl (C=O) groups is 2. The molecule has 0 aliphatic carbocycles. The topological polar surface area (TPSA) is 79.3 Å². The average molecular weight is 256 g/mol. The number of nitrogens with one attached hydrogen (secondary N) is 1. The molecule has 5 nitrogen and oxygen atoms in total. The zero-order valence-corrected chi connectivity index (χ0v) is 10.9. The van der Waals surface area contributed by atoms with E-state index in [-0.39, 0.29) is 11.6 Å². The fraction of sp³-hybridized carbons (Fsp3) is 0.545. The molecule has 6 heteroatoms. The summed E-state index contributed by atoms with van der Waals surface area (Å²) in [4.78, 5) is 26.7. The van der Waals surface area contributed by atoms with Crippen LogP contribution in [-0.4, -0.2) is 28.0 Å². The summed E-state index contributed by atoms with van der Waals surface area (Å²) < 4.78 is 0. The van der Waals surface area contributed by atoms with Crippen LogP contribution in [0.5, 0.6) is 0 Å². The first-order valence-electron chi connectivity index (χ1n) is 5.36. The van der Waals surface area contributed by atoms with Gasteiger partial charge in [-0.3, -0.25) is 4.79 Å². The average Bonchev–Trinajstić information content (AvgIpc) is 2.63. The summed E-state index contributed by atoms with van der Waals surface area (Å²) in [6.07, 6.45) is 0.407. The highest BCUT2D eigenvalue weighted by Gasteiger charge is 2.22. The van der Waals surface area contributed by atoms with Crippen molar-refractivity contribution in [2.45, 2.75) is 33.2 Å². The van der Waals surface area contributed by atoms with E-state index >= 15 is 0 Å². The molecule has 0 unspecified atom stereocenters. The predicted octanol–water partition coefficient (Wildman–Crippen LogP) is 1.68. The van der Waals surface area contributed by atoms with Gasteiger partial charge in [-0.15, -0.1) is 11.3 Å². The Kier molecular flexibility index (Phi) is 4.62. The third-order valence-corrected chi connectivity index (χ3v) is 2.94. The summed E-state index contributed by atoms with van der Waals surface area (Å²) in [5.74, 6) is -1.24.